The van der Waals surface area contributed by atoms with Gasteiger partial charge in [0.1, 0.15) is 5.75 Å². The molecule has 0 saturated heterocycles. The zero-order valence-corrected chi connectivity index (χ0v) is 14.0. The van der Waals surface area contributed by atoms with Crippen LogP contribution in [0.3, 0.4) is 0 Å². The van der Waals surface area contributed by atoms with Crippen LogP contribution in [-0.4, -0.2) is 11.6 Å². The van der Waals surface area contributed by atoms with Crippen molar-refractivity contribution in [1.29, 1.82) is 0 Å². The number of rotatable bonds is 4. The van der Waals surface area contributed by atoms with Gasteiger partial charge in [-0.2, -0.15) is 0 Å². The second kappa shape index (κ2) is 6.41. The molecule has 0 aliphatic carbocycles. The lowest BCUT2D eigenvalue weighted by Crippen LogP contribution is -2.11. The van der Waals surface area contributed by atoms with Crippen LogP contribution < -0.4 is 4.74 Å². The summed E-state index contributed by atoms with van der Waals surface area (Å²) < 4.78 is 5.98. The lowest BCUT2D eigenvalue weighted by Gasteiger charge is -2.19. The third-order valence-corrected chi connectivity index (χ3v) is 4.08. The largest absolute Gasteiger partial charge is 0.492 e. The maximum Gasteiger partial charge on any atom is 0.130 e. The molecule has 3 rings (SSSR count). The molecule has 0 aliphatic heterocycles. The van der Waals surface area contributed by atoms with Crippen LogP contribution in [-0.2, 0) is 11.8 Å². The van der Waals surface area contributed by atoms with Crippen molar-refractivity contribution in [3.63, 3.8) is 0 Å². The highest BCUT2D eigenvalue weighted by atomic mass is 16.5. The van der Waals surface area contributed by atoms with Crippen molar-refractivity contribution >= 4 is 10.9 Å². The van der Waals surface area contributed by atoms with Gasteiger partial charge in [-0.15, -0.1) is 0 Å². The van der Waals surface area contributed by atoms with E-state index in [1.165, 1.54) is 11.1 Å². The molecule has 118 valence electrons. The maximum atomic E-state index is 5.98. The third-order valence-electron chi connectivity index (χ3n) is 4.08. The average Bonchev–Trinajstić information content (AvgIpc) is 2.55. The summed E-state index contributed by atoms with van der Waals surface area (Å²) in [6.07, 6.45) is 2.71. The van der Waals surface area contributed by atoms with E-state index in [-0.39, 0.29) is 5.41 Å². The molecule has 0 saturated carbocycles. The molecule has 0 unspecified atom stereocenters. The lowest BCUT2D eigenvalue weighted by atomic mass is 9.86. The Labute approximate surface area is 138 Å². The molecule has 0 fully saturated rings. The molecule has 0 N–H and O–H groups in total. The van der Waals surface area contributed by atoms with Crippen LogP contribution in [0.15, 0.2) is 60.8 Å². The zero-order chi connectivity index (χ0) is 16.3. The fourth-order valence-corrected chi connectivity index (χ4v) is 2.65. The van der Waals surface area contributed by atoms with E-state index in [2.05, 4.69) is 56.1 Å². The molecule has 0 radical (unpaired) electrons. The Morgan fingerprint density at radius 3 is 2.39 bits per heavy atom. The molecule has 0 bridgehead atoms. The van der Waals surface area contributed by atoms with Gasteiger partial charge in [0, 0.05) is 18.0 Å². The molecule has 2 aromatic carbocycles. The standard InChI is InChI=1S/C21H23NO/c1-21(2,3)17-10-8-16(9-11-17)13-15-23-20-12-14-22-19-7-5-4-6-18(19)20/h4-12,14H,13,15H2,1-3H3. The van der Waals surface area contributed by atoms with Crippen LogP contribution in [0.1, 0.15) is 31.9 Å². The number of nitrogens with zero attached hydrogens (tertiary/aromatic N) is 1. The minimum Gasteiger partial charge on any atom is -0.492 e. The second-order valence-corrected chi connectivity index (χ2v) is 6.87. The van der Waals surface area contributed by atoms with E-state index in [1.807, 2.05) is 24.3 Å². The number of fused-ring (bicyclic) bond motifs is 1. The molecule has 23 heavy (non-hydrogen) atoms. The minimum atomic E-state index is 0.199. The Hall–Kier alpha value is -2.35. The number of ether oxygens (including phenoxy) is 1. The van der Waals surface area contributed by atoms with Crippen molar-refractivity contribution in [3.8, 4) is 5.75 Å². The first-order chi connectivity index (χ1) is 11.0. The van der Waals surface area contributed by atoms with Gasteiger partial charge in [0.2, 0.25) is 0 Å². The molecule has 0 amide bonds. The number of para-hydroxylation sites is 1. The van der Waals surface area contributed by atoms with Crippen molar-refractivity contribution in [2.24, 2.45) is 0 Å². The molecular formula is C21H23NO. The maximum absolute atomic E-state index is 5.98. The number of hydrogen-bond donors (Lipinski definition) is 0. The summed E-state index contributed by atoms with van der Waals surface area (Å²) in [7, 11) is 0. The van der Waals surface area contributed by atoms with E-state index in [0.717, 1.165) is 23.1 Å². The topological polar surface area (TPSA) is 22.1 Å². The van der Waals surface area contributed by atoms with Crippen LogP contribution in [0.2, 0.25) is 0 Å². The molecule has 0 atom stereocenters. The zero-order valence-electron chi connectivity index (χ0n) is 14.0. The van der Waals surface area contributed by atoms with Gasteiger partial charge < -0.3 is 4.74 Å². The Morgan fingerprint density at radius 1 is 0.913 bits per heavy atom. The smallest absolute Gasteiger partial charge is 0.130 e. The van der Waals surface area contributed by atoms with Crippen molar-refractivity contribution in [3.05, 3.63) is 71.9 Å². The number of aromatic nitrogens is 1. The molecule has 2 heteroatoms. The van der Waals surface area contributed by atoms with Gasteiger partial charge in [0.05, 0.1) is 12.1 Å². The molecule has 0 aliphatic rings. The second-order valence-electron chi connectivity index (χ2n) is 6.87. The van der Waals surface area contributed by atoms with Crippen molar-refractivity contribution in [1.82, 2.24) is 4.98 Å². The first-order valence-electron chi connectivity index (χ1n) is 8.10. The summed E-state index contributed by atoms with van der Waals surface area (Å²) in [4.78, 5) is 4.36. The summed E-state index contributed by atoms with van der Waals surface area (Å²) in [6, 6.07) is 18.9. The molecule has 1 heterocycles. The van der Waals surface area contributed by atoms with E-state index >= 15 is 0 Å². The van der Waals surface area contributed by atoms with Crippen molar-refractivity contribution in [2.75, 3.05) is 6.61 Å². The van der Waals surface area contributed by atoms with Gasteiger partial charge in [-0.05, 0) is 34.7 Å². The summed E-state index contributed by atoms with van der Waals surface area (Å²) >= 11 is 0. The lowest BCUT2D eigenvalue weighted by molar-refractivity contribution is 0.325. The highest BCUT2D eigenvalue weighted by molar-refractivity contribution is 5.84. The first-order valence-corrected chi connectivity index (χ1v) is 8.10. The summed E-state index contributed by atoms with van der Waals surface area (Å²) in [5, 5.41) is 1.07. The molecule has 0 spiro atoms. The van der Waals surface area contributed by atoms with Gasteiger partial charge >= 0.3 is 0 Å². The average molecular weight is 305 g/mol. The Morgan fingerprint density at radius 2 is 1.65 bits per heavy atom. The van der Waals surface area contributed by atoms with Gasteiger partial charge in [-0.25, -0.2) is 0 Å². The molecular weight excluding hydrogens is 282 g/mol. The van der Waals surface area contributed by atoms with E-state index in [4.69, 9.17) is 4.74 Å². The summed E-state index contributed by atoms with van der Waals surface area (Å²) in [6.45, 7) is 7.38. The van der Waals surface area contributed by atoms with Gasteiger partial charge in [0.25, 0.3) is 0 Å². The van der Waals surface area contributed by atoms with Gasteiger partial charge in [0.15, 0.2) is 0 Å². The summed E-state index contributed by atoms with van der Waals surface area (Å²) in [5.74, 6) is 0.905. The van der Waals surface area contributed by atoms with Crippen LogP contribution >= 0.6 is 0 Å². The van der Waals surface area contributed by atoms with Crippen LogP contribution in [0.5, 0.6) is 5.75 Å². The predicted molar refractivity (Wildman–Crippen MR) is 96.1 cm³/mol. The van der Waals surface area contributed by atoms with Crippen molar-refractivity contribution in [2.45, 2.75) is 32.6 Å². The van der Waals surface area contributed by atoms with E-state index in [9.17, 15) is 0 Å². The first kappa shape index (κ1) is 15.5. The quantitative estimate of drug-likeness (QED) is 0.664. The fourth-order valence-electron chi connectivity index (χ4n) is 2.65. The van der Waals surface area contributed by atoms with E-state index in [1.54, 1.807) is 6.20 Å². The van der Waals surface area contributed by atoms with Crippen LogP contribution in [0.4, 0.5) is 0 Å². The monoisotopic (exact) mass is 305 g/mol. The molecule has 2 nitrogen and oxygen atoms in total. The molecule has 3 aromatic rings. The highest BCUT2D eigenvalue weighted by Gasteiger charge is 2.12. The van der Waals surface area contributed by atoms with Crippen LogP contribution in [0, 0.1) is 0 Å². The van der Waals surface area contributed by atoms with Gasteiger partial charge in [-0.1, -0.05) is 57.2 Å². The Bertz CT molecular complexity index is 780. The number of hydrogen-bond acceptors (Lipinski definition) is 2. The minimum absolute atomic E-state index is 0.199. The number of pyridine rings is 1. The van der Waals surface area contributed by atoms with E-state index < -0.39 is 0 Å². The predicted octanol–water partition coefficient (Wildman–Crippen LogP) is 5.15. The van der Waals surface area contributed by atoms with E-state index in [0.29, 0.717) is 6.61 Å². The van der Waals surface area contributed by atoms with Crippen LogP contribution in [0.25, 0.3) is 10.9 Å². The highest BCUT2D eigenvalue weighted by Crippen LogP contribution is 2.24. The van der Waals surface area contributed by atoms with Crippen molar-refractivity contribution < 1.29 is 4.74 Å². The normalized spacial score (nSPS) is 11.6. The summed E-state index contributed by atoms with van der Waals surface area (Å²) in [5.41, 5.74) is 3.84. The fraction of sp³-hybridized carbons (Fsp3) is 0.286. The Balaban J connectivity index is 1.65. The van der Waals surface area contributed by atoms with Gasteiger partial charge in [-0.3, -0.25) is 4.98 Å². The third kappa shape index (κ3) is 3.70. The SMILES string of the molecule is CC(C)(C)c1ccc(CCOc2ccnc3ccccc23)cc1. The number of benzene rings is 2. The Kier molecular flexibility index (Phi) is 4.33. The molecule has 1 aromatic heterocycles.